The first-order chi connectivity index (χ1) is 16.9. The molecule has 184 valence electrons. The summed E-state index contributed by atoms with van der Waals surface area (Å²) in [6, 6.07) is 11.2. The van der Waals surface area contributed by atoms with Crippen molar-refractivity contribution in [1.82, 2.24) is 15.3 Å². The van der Waals surface area contributed by atoms with Gasteiger partial charge in [-0.1, -0.05) is 0 Å². The molecule has 3 aromatic rings. The Morgan fingerprint density at radius 3 is 2.69 bits per heavy atom. The molecular formula is C25H27N3O6S. The first kappa shape index (κ1) is 23.3. The average Bonchev–Trinajstić information content (AvgIpc) is 3.28. The lowest BCUT2D eigenvalue weighted by Gasteiger charge is -2.24. The summed E-state index contributed by atoms with van der Waals surface area (Å²) in [5.41, 5.74) is 2.21. The van der Waals surface area contributed by atoms with Crippen LogP contribution in [0.2, 0.25) is 0 Å². The molecule has 0 bridgehead atoms. The van der Waals surface area contributed by atoms with Crippen LogP contribution < -0.4 is 19.5 Å². The summed E-state index contributed by atoms with van der Waals surface area (Å²) in [5.74, 6) is 1.99. The number of sulfone groups is 1. The van der Waals surface area contributed by atoms with Crippen LogP contribution in [0.15, 0.2) is 42.6 Å². The molecule has 0 spiro atoms. The third kappa shape index (κ3) is 5.32. The molecule has 2 saturated heterocycles. The summed E-state index contributed by atoms with van der Waals surface area (Å²) >= 11 is 0. The van der Waals surface area contributed by atoms with E-state index in [-0.39, 0.29) is 29.4 Å². The Balaban J connectivity index is 1.40. The van der Waals surface area contributed by atoms with Gasteiger partial charge in [-0.3, -0.25) is 9.78 Å². The van der Waals surface area contributed by atoms with Gasteiger partial charge >= 0.3 is 0 Å². The molecule has 2 aliphatic rings. The fourth-order valence-corrected chi connectivity index (χ4v) is 5.82. The Bertz CT molecular complexity index is 1350. The summed E-state index contributed by atoms with van der Waals surface area (Å²) in [6.07, 6.45) is 2.93. The van der Waals surface area contributed by atoms with Crippen molar-refractivity contribution in [2.24, 2.45) is 5.92 Å². The van der Waals surface area contributed by atoms with Crippen molar-refractivity contribution >= 4 is 26.6 Å². The number of pyridine rings is 2. The number of nitrogens with one attached hydrogen (secondary N) is 1. The van der Waals surface area contributed by atoms with Crippen LogP contribution in [0.25, 0.3) is 22.2 Å². The largest absolute Gasteiger partial charge is 0.493 e. The van der Waals surface area contributed by atoms with Crippen molar-refractivity contribution in [1.29, 1.82) is 0 Å². The molecule has 5 rings (SSSR count). The molecule has 9 nitrogen and oxygen atoms in total. The number of methoxy groups -OCH3 is 1. The number of carbonyl (C=O) groups is 1. The number of amides is 1. The molecule has 35 heavy (non-hydrogen) atoms. The van der Waals surface area contributed by atoms with Crippen molar-refractivity contribution in [3.63, 3.8) is 0 Å². The Kier molecular flexibility index (Phi) is 6.46. The van der Waals surface area contributed by atoms with Crippen LogP contribution in [0, 0.1) is 5.92 Å². The number of carbonyl (C=O) groups excluding carboxylic acids is 1. The van der Waals surface area contributed by atoms with Gasteiger partial charge in [0.2, 0.25) is 11.8 Å². The van der Waals surface area contributed by atoms with Gasteiger partial charge in [0.25, 0.3) is 0 Å². The molecule has 0 aliphatic carbocycles. The normalized spacial score (nSPS) is 19.9. The van der Waals surface area contributed by atoms with Gasteiger partial charge in [0.15, 0.2) is 21.3 Å². The van der Waals surface area contributed by atoms with E-state index in [1.807, 2.05) is 36.4 Å². The van der Waals surface area contributed by atoms with Gasteiger partial charge in [-0.15, -0.1) is 0 Å². The third-order valence-corrected chi connectivity index (χ3v) is 8.05. The maximum absolute atomic E-state index is 11.7. The Hall–Kier alpha value is -3.40. The number of aromatic nitrogens is 2. The lowest BCUT2D eigenvalue weighted by atomic mass is 10.1. The second kappa shape index (κ2) is 9.69. The fourth-order valence-electron chi connectivity index (χ4n) is 4.37. The summed E-state index contributed by atoms with van der Waals surface area (Å²) in [7, 11) is -1.39. The molecular weight excluding hydrogens is 470 g/mol. The Morgan fingerprint density at radius 2 is 1.94 bits per heavy atom. The predicted octanol–water partition coefficient (Wildman–Crippen LogP) is 2.78. The topological polar surface area (TPSA) is 117 Å². The molecule has 0 radical (unpaired) electrons. The smallest absolute Gasteiger partial charge is 0.223 e. The van der Waals surface area contributed by atoms with E-state index in [1.54, 1.807) is 13.3 Å². The fraction of sp³-hybridized carbons (Fsp3) is 0.400. The van der Waals surface area contributed by atoms with Crippen molar-refractivity contribution < 1.29 is 27.4 Å². The molecule has 2 fully saturated rings. The zero-order valence-electron chi connectivity index (χ0n) is 19.4. The number of hydrogen-bond acceptors (Lipinski definition) is 8. The number of ether oxygens (including phenoxy) is 3. The molecule has 1 atom stereocenters. The molecule has 1 amide bonds. The maximum Gasteiger partial charge on any atom is 0.223 e. The van der Waals surface area contributed by atoms with Crippen molar-refractivity contribution in [3.05, 3.63) is 42.6 Å². The quantitative estimate of drug-likeness (QED) is 0.530. The SMILES string of the molecule is COc1cc(-c2cc3ncccc3c(OC[C@H]3CNC(=O)C3)n2)ccc1OC1CCS(=O)(=O)CC1. The minimum absolute atomic E-state index is 0.0380. The lowest BCUT2D eigenvalue weighted by molar-refractivity contribution is -0.119. The van der Waals surface area contributed by atoms with Gasteiger partial charge < -0.3 is 19.5 Å². The van der Waals surface area contributed by atoms with E-state index in [9.17, 15) is 13.2 Å². The number of nitrogens with zero attached hydrogens (tertiary/aromatic N) is 2. The average molecular weight is 498 g/mol. The second-order valence-electron chi connectivity index (χ2n) is 8.90. The highest BCUT2D eigenvalue weighted by Crippen LogP contribution is 2.36. The summed E-state index contributed by atoms with van der Waals surface area (Å²) in [6.45, 7) is 0.979. The van der Waals surface area contributed by atoms with E-state index in [4.69, 9.17) is 19.2 Å². The van der Waals surface area contributed by atoms with Crippen LogP contribution >= 0.6 is 0 Å². The number of fused-ring (bicyclic) bond motifs is 1. The zero-order valence-corrected chi connectivity index (χ0v) is 20.2. The van der Waals surface area contributed by atoms with Gasteiger partial charge in [0, 0.05) is 30.6 Å². The van der Waals surface area contributed by atoms with Crippen molar-refractivity contribution in [2.75, 3.05) is 31.8 Å². The number of benzene rings is 1. The molecule has 2 aliphatic heterocycles. The zero-order chi connectivity index (χ0) is 24.4. The molecule has 1 aromatic carbocycles. The molecule has 0 saturated carbocycles. The highest BCUT2D eigenvalue weighted by Gasteiger charge is 2.26. The molecule has 10 heteroatoms. The second-order valence-corrected chi connectivity index (χ2v) is 11.2. The number of rotatable bonds is 7. The van der Waals surface area contributed by atoms with Crippen molar-refractivity contribution in [2.45, 2.75) is 25.4 Å². The van der Waals surface area contributed by atoms with Crippen LogP contribution in [-0.4, -0.2) is 62.2 Å². The van der Waals surface area contributed by atoms with Crippen LogP contribution in [0.4, 0.5) is 0 Å². The van der Waals surface area contributed by atoms with Gasteiger partial charge in [-0.05, 0) is 49.2 Å². The molecule has 2 aromatic heterocycles. The van der Waals surface area contributed by atoms with Gasteiger partial charge in [0.1, 0.15) is 6.10 Å². The van der Waals surface area contributed by atoms with E-state index < -0.39 is 9.84 Å². The third-order valence-electron chi connectivity index (χ3n) is 6.34. The van der Waals surface area contributed by atoms with Crippen molar-refractivity contribution in [3.8, 4) is 28.6 Å². The summed E-state index contributed by atoms with van der Waals surface area (Å²) in [5, 5.41) is 3.62. The van der Waals surface area contributed by atoms with Crippen LogP contribution in [0.1, 0.15) is 19.3 Å². The van der Waals surface area contributed by atoms with E-state index in [2.05, 4.69) is 10.3 Å². The van der Waals surface area contributed by atoms with E-state index in [0.29, 0.717) is 55.5 Å². The predicted molar refractivity (Wildman–Crippen MR) is 130 cm³/mol. The highest BCUT2D eigenvalue weighted by molar-refractivity contribution is 7.91. The van der Waals surface area contributed by atoms with E-state index in [1.165, 1.54) is 0 Å². The molecule has 0 unspecified atom stereocenters. The Labute approximate surface area is 203 Å². The monoisotopic (exact) mass is 497 g/mol. The minimum Gasteiger partial charge on any atom is -0.493 e. The van der Waals surface area contributed by atoms with Gasteiger partial charge in [-0.25, -0.2) is 13.4 Å². The summed E-state index contributed by atoms with van der Waals surface area (Å²) < 4.78 is 41.1. The van der Waals surface area contributed by atoms with Crippen LogP contribution in [0.5, 0.6) is 17.4 Å². The standard InChI is InChI=1S/C25H27N3O6S/c1-32-23-12-17(4-5-22(23)34-18-6-9-35(30,31)10-7-18)20-13-21-19(3-2-8-26-21)25(28-20)33-15-16-11-24(29)27-14-16/h2-5,8,12-13,16,18H,6-7,9-11,14-15H2,1H3,(H,27,29)/t16-/m1/s1. The first-order valence-corrected chi connectivity index (χ1v) is 13.4. The molecule has 1 N–H and O–H groups in total. The first-order valence-electron chi connectivity index (χ1n) is 11.6. The molecule has 4 heterocycles. The highest BCUT2D eigenvalue weighted by atomic mass is 32.2. The Morgan fingerprint density at radius 1 is 1.11 bits per heavy atom. The van der Waals surface area contributed by atoms with Gasteiger partial charge in [-0.2, -0.15) is 0 Å². The summed E-state index contributed by atoms with van der Waals surface area (Å²) in [4.78, 5) is 20.8. The lowest BCUT2D eigenvalue weighted by Crippen LogP contribution is -2.30. The van der Waals surface area contributed by atoms with E-state index >= 15 is 0 Å². The van der Waals surface area contributed by atoms with E-state index in [0.717, 1.165) is 16.5 Å². The van der Waals surface area contributed by atoms with Gasteiger partial charge in [0.05, 0.1) is 41.8 Å². The minimum atomic E-state index is -2.96. The number of hydrogen-bond donors (Lipinski definition) is 1. The van der Waals surface area contributed by atoms with Crippen LogP contribution in [0.3, 0.4) is 0 Å². The van der Waals surface area contributed by atoms with Crippen LogP contribution in [-0.2, 0) is 14.6 Å². The maximum atomic E-state index is 11.7.